The number of aromatic nitrogens is 4. The van der Waals surface area contributed by atoms with Crippen molar-refractivity contribution in [2.24, 2.45) is 4.99 Å². The Labute approximate surface area is 107 Å². The third kappa shape index (κ3) is 2.99. The predicted octanol–water partition coefficient (Wildman–Crippen LogP) is 1.29. The highest BCUT2D eigenvalue weighted by atomic mass is 32.2. The number of hydrogen-bond acceptors (Lipinski definition) is 7. The molecular weight excluding hydrogens is 252 g/mol. The minimum atomic E-state index is 0.225. The number of rotatable bonds is 4. The first-order valence-corrected chi connectivity index (χ1v) is 6.18. The second-order valence-electron chi connectivity index (χ2n) is 3.07. The maximum absolute atomic E-state index is 8.46. The molecule has 0 saturated carbocycles. The lowest BCUT2D eigenvalue weighted by atomic mass is 10.2. The third-order valence-corrected chi connectivity index (χ3v) is 2.51. The van der Waals surface area contributed by atoms with Crippen LogP contribution in [-0.2, 0) is 0 Å². The molecule has 0 aliphatic heterocycles. The fraction of sp³-hybridized carbons (Fsp3) is 0.100. The maximum Gasteiger partial charge on any atom is 0.255 e. The molecule has 92 valence electrons. The standard InChI is InChI=1S/C10H10N6OS/c1-18-10-15-8(7-2-4-11-5-3-7)14-9(16-10)12-6-13-17/h2-6,17H,1H3,(H,12,13,14,15,16). The highest BCUT2D eigenvalue weighted by molar-refractivity contribution is 7.98. The van der Waals surface area contributed by atoms with Gasteiger partial charge in [-0.05, 0) is 18.4 Å². The molecule has 0 atom stereocenters. The third-order valence-electron chi connectivity index (χ3n) is 1.96. The number of hydrogen-bond donors (Lipinski definition) is 2. The topological polar surface area (TPSA) is 96.2 Å². The van der Waals surface area contributed by atoms with Gasteiger partial charge in [-0.3, -0.25) is 15.7 Å². The lowest BCUT2D eigenvalue weighted by Gasteiger charge is -2.02. The first-order valence-electron chi connectivity index (χ1n) is 4.96. The van der Waals surface area contributed by atoms with Crippen LogP contribution >= 0.6 is 11.8 Å². The molecule has 0 aliphatic carbocycles. The van der Waals surface area contributed by atoms with Gasteiger partial charge in [0, 0.05) is 18.0 Å². The summed E-state index contributed by atoms with van der Waals surface area (Å²) in [6, 6.07) is 3.61. The maximum atomic E-state index is 8.46. The number of pyridine rings is 1. The quantitative estimate of drug-likeness (QED) is 0.371. The molecule has 7 nitrogen and oxygen atoms in total. The molecule has 0 radical (unpaired) electrons. The molecule has 0 saturated heterocycles. The Hall–Kier alpha value is -2.06. The smallest absolute Gasteiger partial charge is 0.255 e. The van der Waals surface area contributed by atoms with E-state index in [1.165, 1.54) is 11.8 Å². The monoisotopic (exact) mass is 262 g/mol. The van der Waals surface area contributed by atoms with E-state index in [2.05, 4.69) is 24.9 Å². The van der Waals surface area contributed by atoms with E-state index in [0.717, 1.165) is 11.9 Å². The van der Waals surface area contributed by atoms with Crippen molar-refractivity contribution in [3.63, 3.8) is 0 Å². The van der Waals surface area contributed by atoms with Crippen LogP contribution in [0.5, 0.6) is 0 Å². The van der Waals surface area contributed by atoms with Gasteiger partial charge in [0.15, 0.2) is 11.0 Å². The lowest BCUT2D eigenvalue weighted by molar-refractivity contribution is 0.240. The van der Waals surface area contributed by atoms with Gasteiger partial charge in [-0.15, -0.1) is 0 Å². The SMILES string of the molecule is CSc1nc(/N=C/NO)nc(-c2ccncc2)n1. The van der Waals surface area contributed by atoms with Crippen LogP contribution in [0.2, 0.25) is 0 Å². The Balaban J connectivity index is 2.44. The minimum absolute atomic E-state index is 0.225. The van der Waals surface area contributed by atoms with Crippen molar-refractivity contribution < 1.29 is 5.21 Å². The van der Waals surface area contributed by atoms with E-state index in [0.29, 0.717) is 11.0 Å². The van der Waals surface area contributed by atoms with Crippen molar-refractivity contribution in [1.82, 2.24) is 25.4 Å². The molecule has 0 amide bonds. The van der Waals surface area contributed by atoms with Crippen LogP contribution < -0.4 is 5.48 Å². The van der Waals surface area contributed by atoms with E-state index in [1.54, 1.807) is 30.0 Å². The average Bonchev–Trinajstić information content (AvgIpc) is 2.45. The summed E-state index contributed by atoms with van der Waals surface area (Å²) in [6.45, 7) is 0. The normalized spacial score (nSPS) is 10.8. The largest absolute Gasteiger partial charge is 0.290 e. The molecule has 2 rings (SSSR count). The van der Waals surface area contributed by atoms with Gasteiger partial charge < -0.3 is 0 Å². The van der Waals surface area contributed by atoms with E-state index in [1.807, 2.05) is 6.26 Å². The Bertz CT molecular complexity index is 547. The Morgan fingerprint density at radius 3 is 2.72 bits per heavy atom. The van der Waals surface area contributed by atoms with Crippen LogP contribution in [0.4, 0.5) is 5.95 Å². The van der Waals surface area contributed by atoms with Gasteiger partial charge in [0.1, 0.15) is 6.34 Å². The van der Waals surface area contributed by atoms with Crippen molar-refractivity contribution in [3.05, 3.63) is 24.5 Å². The Morgan fingerprint density at radius 1 is 1.28 bits per heavy atom. The predicted molar refractivity (Wildman–Crippen MR) is 67.9 cm³/mol. The molecule has 0 spiro atoms. The molecule has 2 N–H and O–H groups in total. The summed E-state index contributed by atoms with van der Waals surface area (Å²) in [5.74, 6) is 0.740. The molecular formula is C10H10N6OS. The number of aliphatic imine (C=N–C) groups is 1. The zero-order valence-electron chi connectivity index (χ0n) is 9.48. The van der Waals surface area contributed by atoms with Crippen LogP contribution in [-0.4, -0.2) is 37.7 Å². The highest BCUT2D eigenvalue weighted by Gasteiger charge is 2.06. The summed E-state index contributed by atoms with van der Waals surface area (Å²) in [7, 11) is 0. The molecule has 0 fully saturated rings. The number of nitrogens with zero attached hydrogens (tertiary/aromatic N) is 5. The summed E-state index contributed by atoms with van der Waals surface area (Å²) < 4.78 is 0. The summed E-state index contributed by atoms with van der Waals surface area (Å²) in [6.07, 6.45) is 6.28. The molecule has 8 heteroatoms. The van der Waals surface area contributed by atoms with Crippen LogP contribution in [0.3, 0.4) is 0 Å². The molecule has 18 heavy (non-hydrogen) atoms. The second kappa shape index (κ2) is 6.03. The van der Waals surface area contributed by atoms with E-state index >= 15 is 0 Å². The number of nitrogens with one attached hydrogen (secondary N) is 1. The van der Waals surface area contributed by atoms with Crippen LogP contribution in [0.1, 0.15) is 0 Å². The van der Waals surface area contributed by atoms with Gasteiger partial charge in [0.2, 0.25) is 0 Å². The van der Waals surface area contributed by atoms with Crippen LogP contribution in [0, 0.1) is 0 Å². The summed E-state index contributed by atoms with van der Waals surface area (Å²) in [5, 5.41) is 9.01. The van der Waals surface area contributed by atoms with Gasteiger partial charge in [-0.2, -0.15) is 15.0 Å². The van der Waals surface area contributed by atoms with Crippen LogP contribution in [0.15, 0.2) is 34.7 Å². The summed E-state index contributed by atoms with van der Waals surface area (Å²) in [5.41, 5.74) is 2.63. The molecule has 2 aromatic heterocycles. The van der Waals surface area contributed by atoms with E-state index in [-0.39, 0.29) is 5.95 Å². The molecule has 0 bridgehead atoms. The fourth-order valence-electron chi connectivity index (χ4n) is 1.21. The summed E-state index contributed by atoms with van der Waals surface area (Å²) >= 11 is 1.39. The molecule has 2 heterocycles. The van der Waals surface area contributed by atoms with Crippen molar-refractivity contribution in [2.45, 2.75) is 5.16 Å². The zero-order chi connectivity index (χ0) is 12.8. The van der Waals surface area contributed by atoms with Gasteiger partial charge in [0.25, 0.3) is 5.95 Å². The van der Waals surface area contributed by atoms with Gasteiger partial charge >= 0.3 is 0 Å². The minimum Gasteiger partial charge on any atom is -0.290 e. The molecule has 0 aliphatic rings. The van der Waals surface area contributed by atoms with Crippen molar-refractivity contribution in [2.75, 3.05) is 6.26 Å². The fourth-order valence-corrected chi connectivity index (χ4v) is 1.56. The van der Waals surface area contributed by atoms with E-state index in [9.17, 15) is 0 Å². The highest BCUT2D eigenvalue weighted by Crippen LogP contribution is 2.19. The number of hydroxylamine groups is 1. The van der Waals surface area contributed by atoms with Crippen molar-refractivity contribution >= 4 is 24.0 Å². The first-order chi connectivity index (χ1) is 8.83. The van der Waals surface area contributed by atoms with E-state index in [4.69, 9.17) is 5.21 Å². The van der Waals surface area contributed by atoms with Crippen molar-refractivity contribution in [3.8, 4) is 11.4 Å². The molecule has 0 aromatic carbocycles. The second-order valence-corrected chi connectivity index (χ2v) is 3.84. The Morgan fingerprint density at radius 2 is 2.06 bits per heavy atom. The average molecular weight is 262 g/mol. The summed E-state index contributed by atoms with van der Waals surface area (Å²) in [4.78, 5) is 20.3. The Kier molecular flexibility index (Phi) is 4.15. The first kappa shape index (κ1) is 12.4. The van der Waals surface area contributed by atoms with Gasteiger partial charge in [0.05, 0.1) is 0 Å². The molecule has 2 aromatic rings. The molecule has 0 unspecified atom stereocenters. The van der Waals surface area contributed by atoms with Gasteiger partial charge in [-0.1, -0.05) is 11.8 Å². The lowest BCUT2D eigenvalue weighted by Crippen LogP contribution is -2.02. The van der Waals surface area contributed by atoms with Gasteiger partial charge in [-0.25, -0.2) is 4.98 Å². The van der Waals surface area contributed by atoms with Crippen LogP contribution in [0.25, 0.3) is 11.4 Å². The van der Waals surface area contributed by atoms with E-state index < -0.39 is 0 Å². The number of thioether (sulfide) groups is 1. The van der Waals surface area contributed by atoms with Crippen molar-refractivity contribution in [1.29, 1.82) is 0 Å². The zero-order valence-corrected chi connectivity index (χ0v) is 10.3.